The maximum Gasteiger partial charge on any atom is 0.341 e. The Kier molecular flexibility index (Phi) is 7.34. The molecule has 0 aliphatic carbocycles. The number of hydrogen-bond acceptors (Lipinski definition) is 6. The Balaban J connectivity index is 1.76. The highest BCUT2D eigenvalue weighted by atomic mass is 16.5. The number of rotatable bonds is 9. The van der Waals surface area contributed by atoms with Crippen molar-refractivity contribution in [2.24, 2.45) is 0 Å². The topological polar surface area (TPSA) is 73.9 Å². The molecule has 0 amide bonds. The zero-order valence-corrected chi connectivity index (χ0v) is 18.5. The highest BCUT2D eigenvalue weighted by Crippen LogP contribution is 2.41. The number of para-hydroxylation sites is 1. The Morgan fingerprint density at radius 2 is 1.97 bits per heavy atom. The third-order valence-corrected chi connectivity index (χ3v) is 5.38. The average molecular weight is 424 g/mol. The number of fused-ring (bicyclic) bond motifs is 1. The molecule has 0 unspecified atom stereocenters. The van der Waals surface area contributed by atoms with Gasteiger partial charge >= 0.3 is 11.9 Å². The summed E-state index contributed by atoms with van der Waals surface area (Å²) in [7, 11) is 1.64. The summed E-state index contributed by atoms with van der Waals surface area (Å²) in [6.07, 6.45) is 3.54. The number of benzene rings is 2. The number of carbonyl (C=O) groups excluding carboxylic acids is 2. The fourth-order valence-corrected chi connectivity index (χ4v) is 3.77. The van der Waals surface area contributed by atoms with Crippen LogP contribution in [0.25, 0.3) is 0 Å². The highest BCUT2D eigenvalue weighted by molar-refractivity contribution is 6.01. The molecule has 2 aromatic carbocycles. The van der Waals surface area contributed by atoms with Crippen LogP contribution in [0.2, 0.25) is 0 Å². The number of cyclic esters (lactones) is 1. The van der Waals surface area contributed by atoms with E-state index in [1.165, 1.54) is 0 Å². The highest BCUT2D eigenvalue weighted by Gasteiger charge is 2.31. The van der Waals surface area contributed by atoms with Crippen LogP contribution in [0.3, 0.4) is 0 Å². The number of esters is 2. The number of carbonyl (C=O) groups is 2. The minimum atomic E-state index is -0.303. The van der Waals surface area contributed by atoms with Crippen LogP contribution >= 0.6 is 0 Å². The van der Waals surface area contributed by atoms with Crippen molar-refractivity contribution in [2.75, 3.05) is 19.0 Å². The van der Waals surface area contributed by atoms with Crippen LogP contribution in [-0.4, -0.2) is 25.6 Å². The predicted molar refractivity (Wildman–Crippen MR) is 120 cm³/mol. The van der Waals surface area contributed by atoms with Gasteiger partial charge in [-0.15, -0.1) is 0 Å². The second-order valence-electron chi connectivity index (χ2n) is 7.51. The van der Waals surface area contributed by atoms with E-state index in [4.69, 9.17) is 14.2 Å². The number of anilines is 1. The maximum atomic E-state index is 12.4. The van der Waals surface area contributed by atoms with Gasteiger partial charge in [0.2, 0.25) is 0 Å². The fraction of sp³-hybridized carbons (Fsp3) is 0.360. The minimum Gasteiger partial charge on any atom is -0.496 e. The molecule has 0 bridgehead atoms. The molecule has 1 N–H and O–H groups in total. The van der Waals surface area contributed by atoms with Gasteiger partial charge in [0.15, 0.2) is 0 Å². The molecule has 164 valence electrons. The molecule has 1 heterocycles. The van der Waals surface area contributed by atoms with E-state index in [-0.39, 0.29) is 18.5 Å². The SMILES string of the molecule is CCNc1c(C/C=C(\C)CCC(=O)Oc2ccccc2)c(OC)c(C)c2c1C(=O)OC2. The molecule has 0 spiro atoms. The van der Waals surface area contributed by atoms with Crippen molar-refractivity contribution >= 4 is 17.6 Å². The lowest BCUT2D eigenvalue weighted by Gasteiger charge is -2.19. The summed E-state index contributed by atoms with van der Waals surface area (Å²) in [5, 5.41) is 3.33. The minimum absolute atomic E-state index is 0.263. The lowest BCUT2D eigenvalue weighted by atomic mass is 9.93. The first-order chi connectivity index (χ1) is 15.0. The van der Waals surface area contributed by atoms with Gasteiger partial charge in [0, 0.05) is 24.1 Å². The number of methoxy groups -OCH3 is 1. The Bertz CT molecular complexity index is 995. The lowest BCUT2D eigenvalue weighted by Crippen LogP contribution is -2.11. The van der Waals surface area contributed by atoms with E-state index in [1.54, 1.807) is 19.2 Å². The van der Waals surface area contributed by atoms with Crippen molar-refractivity contribution in [3.8, 4) is 11.5 Å². The van der Waals surface area contributed by atoms with Gasteiger partial charge in [0.25, 0.3) is 0 Å². The molecule has 0 aromatic heterocycles. The average Bonchev–Trinajstić information content (AvgIpc) is 3.15. The normalized spacial score (nSPS) is 12.9. The van der Waals surface area contributed by atoms with Crippen LogP contribution < -0.4 is 14.8 Å². The first-order valence-corrected chi connectivity index (χ1v) is 10.5. The molecular formula is C25H29NO5. The van der Waals surface area contributed by atoms with Gasteiger partial charge in [-0.2, -0.15) is 0 Å². The molecule has 0 saturated carbocycles. The molecule has 31 heavy (non-hydrogen) atoms. The number of nitrogens with one attached hydrogen (secondary N) is 1. The van der Waals surface area contributed by atoms with Gasteiger partial charge < -0.3 is 19.5 Å². The van der Waals surface area contributed by atoms with E-state index in [0.29, 0.717) is 37.1 Å². The molecule has 0 saturated heterocycles. The molecule has 0 fully saturated rings. The van der Waals surface area contributed by atoms with Gasteiger partial charge in [-0.25, -0.2) is 4.79 Å². The van der Waals surface area contributed by atoms with Crippen LogP contribution in [0.15, 0.2) is 42.0 Å². The summed E-state index contributed by atoms with van der Waals surface area (Å²) in [5.41, 5.74) is 5.17. The monoisotopic (exact) mass is 423 g/mol. The molecule has 3 rings (SSSR count). The molecule has 1 aliphatic heterocycles. The third kappa shape index (κ3) is 5.08. The van der Waals surface area contributed by atoms with Crippen molar-refractivity contribution in [1.29, 1.82) is 0 Å². The molecule has 1 aliphatic rings. The molecule has 0 radical (unpaired) electrons. The first-order valence-electron chi connectivity index (χ1n) is 10.5. The van der Waals surface area contributed by atoms with E-state index < -0.39 is 0 Å². The van der Waals surface area contributed by atoms with E-state index in [2.05, 4.69) is 11.4 Å². The van der Waals surface area contributed by atoms with Gasteiger partial charge in [-0.3, -0.25) is 4.79 Å². The van der Waals surface area contributed by atoms with Crippen LogP contribution in [-0.2, 0) is 22.6 Å². The van der Waals surface area contributed by atoms with Gasteiger partial charge in [0.1, 0.15) is 18.1 Å². The fourth-order valence-electron chi connectivity index (χ4n) is 3.77. The molecule has 6 nitrogen and oxygen atoms in total. The predicted octanol–water partition coefficient (Wildman–Crippen LogP) is 4.98. The van der Waals surface area contributed by atoms with E-state index in [0.717, 1.165) is 33.7 Å². The molecular weight excluding hydrogens is 394 g/mol. The van der Waals surface area contributed by atoms with E-state index in [9.17, 15) is 9.59 Å². The number of hydrogen-bond donors (Lipinski definition) is 1. The Labute approximate surface area is 183 Å². The summed E-state index contributed by atoms with van der Waals surface area (Å²) in [4.78, 5) is 24.5. The van der Waals surface area contributed by atoms with Crippen LogP contribution in [0.5, 0.6) is 11.5 Å². The third-order valence-electron chi connectivity index (χ3n) is 5.38. The summed E-state index contributed by atoms with van der Waals surface area (Å²) < 4.78 is 16.3. The van der Waals surface area contributed by atoms with Crippen molar-refractivity contribution in [1.82, 2.24) is 0 Å². The van der Waals surface area contributed by atoms with E-state index in [1.807, 2.05) is 39.0 Å². The Hall–Kier alpha value is -3.28. The largest absolute Gasteiger partial charge is 0.496 e. The summed E-state index contributed by atoms with van der Waals surface area (Å²) in [6.45, 7) is 6.88. The number of ether oxygens (including phenoxy) is 3. The van der Waals surface area contributed by atoms with Crippen LogP contribution in [0.4, 0.5) is 5.69 Å². The zero-order chi connectivity index (χ0) is 22.4. The van der Waals surface area contributed by atoms with Gasteiger partial charge in [0.05, 0.1) is 18.4 Å². The van der Waals surface area contributed by atoms with Gasteiger partial charge in [-0.05, 0) is 51.3 Å². The van der Waals surface area contributed by atoms with Crippen LogP contribution in [0.1, 0.15) is 53.7 Å². The summed E-state index contributed by atoms with van der Waals surface area (Å²) in [5.74, 6) is 0.749. The Morgan fingerprint density at radius 1 is 1.23 bits per heavy atom. The maximum absolute atomic E-state index is 12.4. The van der Waals surface area contributed by atoms with E-state index >= 15 is 0 Å². The molecule has 6 heteroatoms. The van der Waals surface area contributed by atoms with Crippen molar-refractivity contribution in [3.63, 3.8) is 0 Å². The van der Waals surface area contributed by atoms with Crippen LogP contribution in [0, 0.1) is 6.92 Å². The first kappa shape index (κ1) is 22.4. The standard InChI is InChI=1S/C25H29NO5/c1-5-26-23-19(24(29-4)17(3)20-15-30-25(28)22(20)23)13-11-16(2)12-14-21(27)31-18-9-7-6-8-10-18/h6-11,26H,5,12-15H2,1-4H3/b16-11+. The Morgan fingerprint density at radius 3 is 2.65 bits per heavy atom. The van der Waals surface area contributed by atoms with Gasteiger partial charge in [-0.1, -0.05) is 29.8 Å². The summed E-state index contributed by atoms with van der Waals surface area (Å²) >= 11 is 0. The quantitative estimate of drug-likeness (QED) is 0.348. The molecule has 0 atom stereocenters. The lowest BCUT2D eigenvalue weighted by molar-refractivity contribution is -0.134. The van der Waals surface area contributed by atoms with Crippen molar-refractivity contribution in [2.45, 2.75) is 46.6 Å². The second kappa shape index (κ2) is 10.2. The summed E-state index contributed by atoms with van der Waals surface area (Å²) in [6, 6.07) is 9.06. The number of allylic oxidation sites excluding steroid dienone is 2. The van der Waals surface area contributed by atoms with Crippen molar-refractivity contribution in [3.05, 3.63) is 64.2 Å². The smallest absolute Gasteiger partial charge is 0.341 e. The second-order valence-corrected chi connectivity index (χ2v) is 7.51. The zero-order valence-electron chi connectivity index (χ0n) is 18.5. The molecule has 2 aromatic rings. The van der Waals surface area contributed by atoms with Crippen molar-refractivity contribution < 1.29 is 23.8 Å².